The van der Waals surface area contributed by atoms with Crippen molar-refractivity contribution in [1.29, 1.82) is 0 Å². The van der Waals surface area contributed by atoms with E-state index in [1.54, 1.807) is 13.3 Å². The molecule has 1 heterocycles. The molecule has 0 amide bonds. The third kappa shape index (κ3) is 2.36. The van der Waals surface area contributed by atoms with E-state index in [2.05, 4.69) is 22.4 Å². The number of nitrogens with zero attached hydrogens (tertiary/aromatic N) is 1. The molecule has 0 spiro atoms. The summed E-state index contributed by atoms with van der Waals surface area (Å²) in [6.45, 7) is 0. The lowest BCUT2D eigenvalue weighted by molar-refractivity contribution is 0.417. The zero-order chi connectivity index (χ0) is 13.1. The first-order chi connectivity index (χ1) is 9.36. The minimum absolute atomic E-state index is 0.828. The molecule has 0 aliphatic carbocycles. The number of aromatic nitrogens is 1. The van der Waals surface area contributed by atoms with Crippen molar-refractivity contribution in [3.63, 3.8) is 0 Å². The zero-order valence-corrected chi connectivity index (χ0v) is 10.6. The first kappa shape index (κ1) is 11.5. The molecular weight excluding hydrogens is 236 g/mol. The molecule has 2 aromatic carbocycles. The van der Waals surface area contributed by atoms with Crippen LogP contribution in [0.5, 0.6) is 5.75 Å². The van der Waals surface area contributed by atoms with Gasteiger partial charge in [0.05, 0.1) is 18.3 Å². The van der Waals surface area contributed by atoms with Crippen LogP contribution in [0.3, 0.4) is 0 Å². The quantitative estimate of drug-likeness (QED) is 0.763. The number of anilines is 2. The Labute approximate surface area is 111 Å². The van der Waals surface area contributed by atoms with E-state index in [0.29, 0.717) is 0 Å². The van der Waals surface area contributed by atoms with Crippen molar-refractivity contribution in [2.75, 3.05) is 12.4 Å². The highest BCUT2D eigenvalue weighted by Crippen LogP contribution is 2.28. The highest BCUT2D eigenvalue weighted by Gasteiger charge is 2.02. The van der Waals surface area contributed by atoms with Gasteiger partial charge in [0.25, 0.3) is 0 Å². The van der Waals surface area contributed by atoms with Crippen LogP contribution in [0.2, 0.25) is 0 Å². The second-order valence-corrected chi connectivity index (χ2v) is 4.24. The van der Waals surface area contributed by atoms with Crippen LogP contribution in [-0.4, -0.2) is 12.1 Å². The second-order valence-electron chi connectivity index (χ2n) is 4.24. The summed E-state index contributed by atoms with van der Waals surface area (Å²) in [6.07, 6.45) is 1.80. The standard InChI is InChI=1S/C16H14N2O/c1-19-16-7-3-2-6-15(16)18-13-8-9-14-12(11-13)5-4-10-17-14/h2-11,18H,1H3. The molecule has 0 saturated carbocycles. The Bertz CT molecular complexity index is 710. The lowest BCUT2D eigenvalue weighted by Crippen LogP contribution is -1.94. The highest BCUT2D eigenvalue weighted by molar-refractivity contribution is 5.83. The van der Waals surface area contributed by atoms with E-state index >= 15 is 0 Å². The fourth-order valence-corrected chi connectivity index (χ4v) is 2.06. The van der Waals surface area contributed by atoms with E-state index in [4.69, 9.17) is 4.74 Å². The maximum atomic E-state index is 5.33. The van der Waals surface area contributed by atoms with Gasteiger partial charge in [-0.05, 0) is 36.4 Å². The molecular formula is C16H14N2O. The monoisotopic (exact) mass is 250 g/mol. The van der Waals surface area contributed by atoms with Crippen molar-refractivity contribution in [3.05, 3.63) is 60.8 Å². The number of rotatable bonds is 3. The molecule has 3 nitrogen and oxygen atoms in total. The van der Waals surface area contributed by atoms with Gasteiger partial charge in [-0.25, -0.2) is 0 Å². The maximum Gasteiger partial charge on any atom is 0.142 e. The number of hydrogen-bond donors (Lipinski definition) is 1. The van der Waals surface area contributed by atoms with Gasteiger partial charge >= 0.3 is 0 Å². The van der Waals surface area contributed by atoms with Gasteiger partial charge in [0.2, 0.25) is 0 Å². The zero-order valence-electron chi connectivity index (χ0n) is 10.6. The van der Waals surface area contributed by atoms with E-state index < -0.39 is 0 Å². The van der Waals surface area contributed by atoms with E-state index in [1.807, 2.05) is 42.5 Å². The predicted octanol–water partition coefficient (Wildman–Crippen LogP) is 3.99. The molecule has 0 aliphatic rings. The molecule has 0 unspecified atom stereocenters. The molecule has 0 bridgehead atoms. The molecule has 0 saturated heterocycles. The molecule has 3 heteroatoms. The van der Waals surface area contributed by atoms with E-state index in [0.717, 1.165) is 28.0 Å². The third-order valence-electron chi connectivity index (χ3n) is 2.99. The minimum atomic E-state index is 0.828. The number of methoxy groups -OCH3 is 1. The van der Waals surface area contributed by atoms with Crippen LogP contribution in [0.1, 0.15) is 0 Å². The predicted molar refractivity (Wildman–Crippen MR) is 78.0 cm³/mol. The average molecular weight is 250 g/mol. The van der Waals surface area contributed by atoms with Crippen LogP contribution in [0.4, 0.5) is 11.4 Å². The lowest BCUT2D eigenvalue weighted by atomic mass is 10.2. The fourth-order valence-electron chi connectivity index (χ4n) is 2.06. The molecule has 3 rings (SSSR count). The normalized spacial score (nSPS) is 10.4. The van der Waals surface area contributed by atoms with Crippen molar-refractivity contribution in [1.82, 2.24) is 4.98 Å². The van der Waals surface area contributed by atoms with Gasteiger partial charge in [0.1, 0.15) is 5.75 Å². The summed E-state index contributed by atoms with van der Waals surface area (Å²) in [5.41, 5.74) is 2.96. The summed E-state index contributed by atoms with van der Waals surface area (Å²) in [5, 5.41) is 4.48. The average Bonchev–Trinajstić information content (AvgIpc) is 2.48. The summed E-state index contributed by atoms with van der Waals surface area (Å²) in [5.74, 6) is 0.828. The van der Waals surface area contributed by atoms with Crippen LogP contribution in [0, 0.1) is 0 Å². The Morgan fingerprint density at radius 2 is 1.89 bits per heavy atom. The SMILES string of the molecule is COc1ccccc1Nc1ccc2ncccc2c1. The van der Waals surface area contributed by atoms with Gasteiger partial charge in [-0.1, -0.05) is 18.2 Å². The smallest absolute Gasteiger partial charge is 0.142 e. The highest BCUT2D eigenvalue weighted by atomic mass is 16.5. The maximum absolute atomic E-state index is 5.33. The van der Waals surface area contributed by atoms with Crippen molar-refractivity contribution >= 4 is 22.3 Å². The van der Waals surface area contributed by atoms with Crippen molar-refractivity contribution in [2.45, 2.75) is 0 Å². The number of pyridine rings is 1. The number of nitrogens with one attached hydrogen (secondary N) is 1. The summed E-state index contributed by atoms with van der Waals surface area (Å²) >= 11 is 0. The second kappa shape index (κ2) is 4.98. The van der Waals surface area contributed by atoms with Gasteiger partial charge in [0, 0.05) is 17.3 Å². The van der Waals surface area contributed by atoms with Gasteiger partial charge in [0.15, 0.2) is 0 Å². The Kier molecular flexibility index (Phi) is 3.02. The first-order valence-electron chi connectivity index (χ1n) is 6.11. The van der Waals surface area contributed by atoms with Crippen LogP contribution in [-0.2, 0) is 0 Å². The Balaban J connectivity index is 1.96. The number of hydrogen-bond acceptors (Lipinski definition) is 3. The fraction of sp³-hybridized carbons (Fsp3) is 0.0625. The molecule has 0 fully saturated rings. The number of para-hydroxylation sites is 2. The molecule has 19 heavy (non-hydrogen) atoms. The number of benzene rings is 2. The van der Waals surface area contributed by atoms with Gasteiger partial charge < -0.3 is 10.1 Å². The Morgan fingerprint density at radius 3 is 2.79 bits per heavy atom. The molecule has 94 valence electrons. The van der Waals surface area contributed by atoms with E-state index in [9.17, 15) is 0 Å². The van der Waals surface area contributed by atoms with Crippen LogP contribution in [0.25, 0.3) is 10.9 Å². The largest absolute Gasteiger partial charge is 0.495 e. The Hall–Kier alpha value is -2.55. The first-order valence-corrected chi connectivity index (χ1v) is 6.11. The molecule has 1 aromatic heterocycles. The third-order valence-corrected chi connectivity index (χ3v) is 2.99. The molecule has 1 N–H and O–H groups in total. The number of fused-ring (bicyclic) bond motifs is 1. The van der Waals surface area contributed by atoms with E-state index in [-0.39, 0.29) is 0 Å². The minimum Gasteiger partial charge on any atom is -0.495 e. The van der Waals surface area contributed by atoms with E-state index in [1.165, 1.54) is 0 Å². The molecule has 3 aromatic rings. The Morgan fingerprint density at radius 1 is 1.00 bits per heavy atom. The molecule has 0 aliphatic heterocycles. The summed E-state index contributed by atoms with van der Waals surface area (Å²) < 4.78 is 5.33. The van der Waals surface area contributed by atoms with Gasteiger partial charge in [-0.2, -0.15) is 0 Å². The molecule has 0 radical (unpaired) electrons. The van der Waals surface area contributed by atoms with Crippen LogP contribution >= 0.6 is 0 Å². The lowest BCUT2D eigenvalue weighted by Gasteiger charge is -2.11. The summed E-state index contributed by atoms with van der Waals surface area (Å²) in [4.78, 5) is 4.31. The molecule has 0 atom stereocenters. The van der Waals surface area contributed by atoms with Gasteiger partial charge in [-0.15, -0.1) is 0 Å². The van der Waals surface area contributed by atoms with Crippen molar-refractivity contribution in [2.24, 2.45) is 0 Å². The summed E-state index contributed by atoms with van der Waals surface area (Å²) in [6, 6.07) is 18.0. The van der Waals surface area contributed by atoms with Crippen LogP contribution in [0.15, 0.2) is 60.8 Å². The van der Waals surface area contributed by atoms with Gasteiger partial charge in [-0.3, -0.25) is 4.98 Å². The van der Waals surface area contributed by atoms with Crippen molar-refractivity contribution in [3.8, 4) is 5.75 Å². The number of ether oxygens (including phenoxy) is 1. The summed E-state index contributed by atoms with van der Waals surface area (Å²) in [7, 11) is 1.67. The van der Waals surface area contributed by atoms with Crippen LogP contribution < -0.4 is 10.1 Å². The van der Waals surface area contributed by atoms with Crippen molar-refractivity contribution < 1.29 is 4.74 Å². The topological polar surface area (TPSA) is 34.1 Å².